The molecule has 0 spiro atoms. The van der Waals surface area contributed by atoms with Crippen LogP contribution in [-0.4, -0.2) is 103 Å². The van der Waals surface area contributed by atoms with Gasteiger partial charge >= 0.3 is 0 Å². The highest BCUT2D eigenvalue weighted by atomic mass is 16.5. The van der Waals surface area contributed by atoms with Gasteiger partial charge in [0.25, 0.3) is 11.5 Å². The topological polar surface area (TPSA) is 119 Å². The molecule has 3 aliphatic rings. The minimum atomic E-state index is -0.339. The number of rotatable bonds is 8. The molecule has 2 amide bonds. The van der Waals surface area contributed by atoms with Crippen LogP contribution in [0.15, 0.2) is 78.8 Å². The van der Waals surface area contributed by atoms with Crippen LogP contribution in [0.5, 0.6) is 5.75 Å². The zero-order valence-electron chi connectivity index (χ0n) is 30.0. The number of methoxy groups -OCH3 is 1. The average Bonchev–Trinajstić information content (AvgIpc) is 3.17. The summed E-state index contributed by atoms with van der Waals surface area (Å²) in [5.74, 6) is 0.599. The highest BCUT2D eigenvalue weighted by Gasteiger charge is 2.32. The predicted octanol–water partition coefficient (Wildman–Crippen LogP) is 4.62. The van der Waals surface area contributed by atoms with Crippen molar-refractivity contribution in [1.29, 1.82) is 0 Å². The second-order valence-electron chi connectivity index (χ2n) is 13.5. The van der Waals surface area contributed by atoms with Gasteiger partial charge in [0.15, 0.2) is 0 Å². The lowest BCUT2D eigenvalue weighted by molar-refractivity contribution is -0.127. The summed E-state index contributed by atoms with van der Waals surface area (Å²) < 4.78 is 7.53. The van der Waals surface area contributed by atoms with Crippen LogP contribution < -0.4 is 30.3 Å². The Labute approximate surface area is 303 Å². The molecule has 270 valence electrons. The normalized spacial score (nSPS) is 17.9. The third-order valence-corrected chi connectivity index (χ3v) is 10.4. The van der Waals surface area contributed by atoms with Gasteiger partial charge in [-0.25, -0.2) is 4.98 Å². The number of para-hydroxylation sites is 1. The lowest BCUT2D eigenvalue weighted by atomic mass is 10.0. The highest BCUT2D eigenvalue weighted by Crippen LogP contribution is 2.40. The number of aromatic nitrogens is 3. The maximum atomic E-state index is 14.9. The van der Waals surface area contributed by atoms with E-state index in [0.29, 0.717) is 66.7 Å². The first kappa shape index (κ1) is 34.7. The Hall–Kier alpha value is -5.69. The molecule has 3 aliphatic heterocycles. The number of piperazine rings is 1. The number of anilines is 6. The Balaban J connectivity index is 1.31. The number of hydrogen-bond donors (Lipinski definition) is 1. The molecule has 13 nitrogen and oxygen atoms in total. The van der Waals surface area contributed by atoms with Gasteiger partial charge in [0.1, 0.15) is 17.1 Å². The minimum absolute atomic E-state index is 0.172. The van der Waals surface area contributed by atoms with Crippen LogP contribution >= 0.6 is 0 Å². The molecule has 52 heavy (non-hydrogen) atoms. The third kappa shape index (κ3) is 6.47. The smallest absolute Gasteiger partial charge is 0.276 e. The molecule has 2 fully saturated rings. The van der Waals surface area contributed by atoms with Crippen molar-refractivity contribution >= 4 is 57.2 Å². The number of nitrogens with zero attached hydrogens (tertiary/aromatic N) is 8. The number of likely N-dealkylation sites (N-methyl/N-ethyl adjacent to an activating group) is 1. The molecule has 13 heteroatoms. The number of hydrogen-bond acceptors (Lipinski definition) is 10. The Bertz CT molecular complexity index is 2110. The first-order valence-corrected chi connectivity index (χ1v) is 17.7. The number of ether oxygens (including phenoxy) is 1. The predicted molar refractivity (Wildman–Crippen MR) is 206 cm³/mol. The van der Waals surface area contributed by atoms with Crippen molar-refractivity contribution in [2.24, 2.45) is 0 Å². The monoisotopic (exact) mass is 703 g/mol. The van der Waals surface area contributed by atoms with Gasteiger partial charge in [0.2, 0.25) is 11.9 Å². The van der Waals surface area contributed by atoms with Crippen LogP contribution in [0.25, 0.3) is 11.0 Å². The largest absolute Gasteiger partial charge is 0.494 e. The van der Waals surface area contributed by atoms with E-state index in [1.165, 1.54) is 12.2 Å². The van der Waals surface area contributed by atoms with Crippen LogP contribution in [0.2, 0.25) is 0 Å². The molecule has 2 aromatic heterocycles. The number of aryl methyl sites for hydroxylation is 1. The van der Waals surface area contributed by atoms with Crippen LogP contribution in [0, 0.1) is 6.92 Å². The third-order valence-electron chi connectivity index (χ3n) is 10.4. The van der Waals surface area contributed by atoms with E-state index >= 15 is 0 Å². The molecule has 0 saturated carbocycles. The quantitative estimate of drug-likeness (QED) is 0.261. The number of pyridine rings is 1. The first-order chi connectivity index (χ1) is 25.2. The molecular formula is C39H45N9O4. The van der Waals surface area contributed by atoms with E-state index in [-0.39, 0.29) is 23.4 Å². The van der Waals surface area contributed by atoms with Gasteiger partial charge in [-0.2, -0.15) is 4.98 Å². The van der Waals surface area contributed by atoms with Gasteiger partial charge in [0, 0.05) is 75.7 Å². The number of fused-ring (bicyclic) bond motifs is 2. The summed E-state index contributed by atoms with van der Waals surface area (Å²) in [5.41, 5.74) is 4.86. The van der Waals surface area contributed by atoms with Crippen molar-refractivity contribution in [3.8, 4) is 5.75 Å². The number of carbonyl (C=O) groups is 2. The lowest BCUT2D eigenvalue weighted by Crippen LogP contribution is -2.45. The van der Waals surface area contributed by atoms with E-state index < -0.39 is 0 Å². The molecule has 0 unspecified atom stereocenters. The van der Waals surface area contributed by atoms with Gasteiger partial charge < -0.3 is 34.6 Å². The number of likely N-dealkylation sites (tertiary alicyclic amines) is 1. The van der Waals surface area contributed by atoms with E-state index in [2.05, 4.69) is 41.4 Å². The Morgan fingerprint density at radius 2 is 1.75 bits per heavy atom. The Morgan fingerprint density at radius 3 is 2.50 bits per heavy atom. The summed E-state index contributed by atoms with van der Waals surface area (Å²) in [6.45, 7) is 14.9. The van der Waals surface area contributed by atoms with Crippen LogP contribution in [0.4, 0.5) is 34.4 Å². The SMILES string of the molecule is C=CC(=O)N1CCC[C@@H](n2c(=O)c(N3CCN(C(=O)C=C)c4c(C)cccc43)cc3cnc(Nc4ccc(N5CCN(C)CC5)cc4OC)nc32)C1. The summed E-state index contributed by atoms with van der Waals surface area (Å²) in [6, 6.07) is 13.3. The number of amides is 2. The van der Waals surface area contributed by atoms with E-state index in [4.69, 9.17) is 14.7 Å². The van der Waals surface area contributed by atoms with Gasteiger partial charge in [-0.3, -0.25) is 19.0 Å². The summed E-state index contributed by atoms with van der Waals surface area (Å²) >= 11 is 0. The molecule has 4 aromatic rings. The molecule has 5 heterocycles. The molecule has 2 aromatic carbocycles. The number of nitrogens with one attached hydrogen (secondary N) is 1. The molecule has 1 atom stereocenters. The summed E-state index contributed by atoms with van der Waals surface area (Å²) in [7, 11) is 3.77. The fourth-order valence-corrected chi connectivity index (χ4v) is 7.58. The number of carbonyl (C=O) groups excluding carboxylic acids is 2. The van der Waals surface area contributed by atoms with Crippen molar-refractivity contribution in [2.75, 3.05) is 86.5 Å². The average molecular weight is 704 g/mol. The Kier molecular flexibility index (Phi) is 9.69. The second-order valence-corrected chi connectivity index (χ2v) is 13.5. The molecule has 0 radical (unpaired) electrons. The van der Waals surface area contributed by atoms with Crippen LogP contribution in [0.1, 0.15) is 24.4 Å². The highest BCUT2D eigenvalue weighted by molar-refractivity contribution is 6.05. The van der Waals surface area contributed by atoms with Crippen molar-refractivity contribution in [2.45, 2.75) is 25.8 Å². The van der Waals surface area contributed by atoms with E-state index in [1.54, 1.807) is 27.7 Å². The van der Waals surface area contributed by atoms with Crippen LogP contribution in [-0.2, 0) is 9.59 Å². The number of piperidine rings is 1. The van der Waals surface area contributed by atoms with Gasteiger partial charge in [-0.15, -0.1) is 0 Å². The van der Waals surface area contributed by atoms with Crippen molar-refractivity contribution < 1.29 is 14.3 Å². The van der Waals surface area contributed by atoms with Gasteiger partial charge in [-0.05, 0) is 68.8 Å². The molecule has 1 N–H and O–H groups in total. The molecular weight excluding hydrogens is 658 g/mol. The molecule has 2 saturated heterocycles. The minimum Gasteiger partial charge on any atom is -0.494 e. The van der Waals surface area contributed by atoms with Crippen molar-refractivity contribution in [3.63, 3.8) is 0 Å². The summed E-state index contributed by atoms with van der Waals surface area (Å²) in [5, 5.41) is 4.00. The van der Waals surface area contributed by atoms with E-state index in [9.17, 15) is 14.4 Å². The van der Waals surface area contributed by atoms with E-state index in [1.807, 2.05) is 48.2 Å². The summed E-state index contributed by atoms with van der Waals surface area (Å²) in [4.78, 5) is 60.2. The standard InChI is InChI=1S/C39H45N9O4/c1-6-34(49)45-15-9-11-29(25-45)48-37-27(22-32(38(48)51)46-20-21-47(35(50)7-2)36-26(3)10-8-12-31(36)46)24-40-39(42-37)41-30-14-13-28(23-33(30)52-5)44-18-16-43(4)17-19-44/h6-8,10,12-14,22-24,29H,1-2,9,11,15-21,25H2,3-5H3,(H,40,41,42)/t29-/m1/s1. The zero-order chi connectivity index (χ0) is 36.5. The van der Waals surface area contributed by atoms with Crippen molar-refractivity contribution in [3.05, 3.63) is 89.9 Å². The van der Waals surface area contributed by atoms with E-state index in [0.717, 1.165) is 55.2 Å². The second kappa shape index (κ2) is 14.5. The van der Waals surface area contributed by atoms with Crippen molar-refractivity contribution in [1.82, 2.24) is 24.3 Å². The molecule has 0 aliphatic carbocycles. The summed E-state index contributed by atoms with van der Waals surface area (Å²) in [6.07, 6.45) is 5.76. The first-order valence-electron chi connectivity index (χ1n) is 17.7. The fourth-order valence-electron chi connectivity index (χ4n) is 7.58. The van der Waals surface area contributed by atoms with Gasteiger partial charge in [-0.1, -0.05) is 25.3 Å². The molecule has 7 rings (SSSR count). The Morgan fingerprint density at radius 1 is 0.962 bits per heavy atom. The van der Waals surface area contributed by atoms with Gasteiger partial charge in [0.05, 0.1) is 30.2 Å². The molecule has 0 bridgehead atoms. The maximum Gasteiger partial charge on any atom is 0.276 e. The number of benzene rings is 2. The zero-order valence-corrected chi connectivity index (χ0v) is 30.0. The lowest BCUT2D eigenvalue weighted by Gasteiger charge is -2.39. The van der Waals surface area contributed by atoms with Crippen LogP contribution in [0.3, 0.4) is 0 Å². The fraction of sp³-hybridized carbons (Fsp3) is 0.359. The maximum absolute atomic E-state index is 14.9.